The predicted octanol–water partition coefficient (Wildman–Crippen LogP) is -1.35. The molecule has 12 heavy (non-hydrogen) atoms. The van der Waals surface area contributed by atoms with Crippen LogP contribution >= 0.6 is 0 Å². The molecule has 0 aromatic heterocycles. The van der Waals surface area contributed by atoms with E-state index in [2.05, 4.69) is 0 Å². The van der Waals surface area contributed by atoms with Crippen LogP contribution in [0, 0.1) is 0 Å². The van der Waals surface area contributed by atoms with Gasteiger partial charge in [0, 0.05) is 18.7 Å². The van der Waals surface area contributed by atoms with Crippen molar-refractivity contribution < 1.29 is 24.9 Å². The van der Waals surface area contributed by atoms with Crippen molar-refractivity contribution in [3.8, 4) is 0 Å². The van der Waals surface area contributed by atoms with E-state index in [0.717, 1.165) is 0 Å². The van der Waals surface area contributed by atoms with E-state index in [1.54, 1.807) is 0 Å². The predicted molar refractivity (Wildman–Crippen MR) is 40.6 cm³/mol. The van der Waals surface area contributed by atoms with Crippen LogP contribution in [0.1, 0.15) is 0 Å². The zero-order valence-corrected chi connectivity index (χ0v) is 6.30. The zero-order valence-electron chi connectivity index (χ0n) is 6.30. The number of rotatable bonds is 3. The first kappa shape index (κ1) is 13.2. The van der Waals surface area contributed by atoms with Crippen molar-refractivity contribution in [1.29, 1.82) is 0 Å². The molecular formula is C6H11NO5. The van der Waals surface area contributed by atoms with Crippen molar-refractivity contribution in [3.05, 3.63) is 12.2 Å². The molecule has 0 spiro atoms. The second kappa shape index (κ2) is 9.60. The monoisotopic (exact) mass is 177 g/mol. The fourth-order valence-corrected chi connectivity index (χ4v) is 0.143. The smallest absolute Gasteiger partial charge is 0.328 e. The number of hydrogen-bond acceptors (Lipinski definition) is 4. The topological polar surface area (TPSA) is 121 Å². The minimum absolute atomic E-state index is 0.0972. The Hall–Kier alpha value is -1.40. The van der Waals surface area contributed by atoms with E-state index in [1.807, 2.05) is 0 Å². The lowest BCUT2D eigenvalue weighted by molar-refractivity contribution is -0.134. The lowest BCUT2D eigenvalue weighted by Crippen LogP contribution is -2.02. The van der Waals surface area contributed by atoms with E-state index >= 15 is 0 Å². The van der Waals surface area contributed by atoms with E-state index in [0.29, 0.717) is 18.7 Å². The van der Waals surface area contributed by atoms with Gasteiger partial charge in [0.25, 0.3) is 0 Å². The molecule has 6 heteroatoms. The summed E-state index contributed by atoms with van der Waals surface area (Å²) in [6, 6.07) is 0. The largest absolute Gasteiger partial charge is 0.478 e. The minimum Gasteiger partial charge on any atom is -0.478 e. The summed E-state index contributed by atoms with van der Waals surface area (Å²) in [6.45, 7) is 0.472. The molecule has 0 aromatic rings. The molecule has 5 N–H and O–H groups in total. The Morgan fingerprint density at radius 1 is 1.17 bits per heavy atom. The summed E-state index contributed by atoms with van der Waals surface area (Å²) in [5.74, 6) is -2.51. The third-order valence-corrected chi connectivity index (χ3v) is 0.498. The van der Waals surface area contributed by atoms with Gasteiger partial charge in [0.05, 0.1) is 6.61 Å². The number of carboxylic acid groups (broad SMARTS) is 2. The van der Waals surface area contributed by atoms with Crippen LogP contribution < -0.4 is 5.73 Å². The van der Waals surface area contributed by atoms with Gasteiger partial charge in [-0.1, -0.05) is 0 Å². The molecule has 0 saturated heterocycles. The van der Waals surface area contributed by atoms with Crippen molar-refractivity contribution in [2.24, 2.45) is 5.73 Å². The van der Waals surface area contributed by atoms with Crippen LogP contribution in [-0.4, -0.2) is 40.4 Å². The molecule has 0 rings (SSSR count). The van der Waals surface area contributed by atoms with Crippen LogP contribution in [0.2, 0.25) is 0 Å². The highest BCUT2D eigenvalue weighted by atomic mass is 16.4. The van der Waals surface area contributed by atoms with Gasteiger partial charge in [-0.05, 0) is 0 Å². The van der Waals surface area contributed by atoms with Gasteiger partial charge >= 0.3 is 11.9 Å². The molecule has 0 fully saturated rings. The van der Waals surface area contributed by atoms with E-state index in [1.165, 1.54) is 0 Å². The number of carbonyl (C=O) groups is 2. The molecule has 0 atom stereocenters. The first-order valence-electron chi connectivity index (χ1n) is 2.99. The normalized spacial score (nSPS) is 8.83. The Kier molecular flexibility index (Phi) is 10.6. The lowest BCUT2D eigenvalue weighted by Gasteiger charge is -1.74. The second-order valence-electron chi connectivity index (χ2n) is 1.52. The van der Waals surface area contributed by atoms with Crippen molar-refractivity contribution in [3.63, 3.8) is 0 Å². The average molecular weight is 177 g/mol. The maximum absolute atomic E-state index is 9.55. The molecule has 0 aliphatic rings. The Labute approximate surface area is 68.9 Å². The molecule has 70 valence electrons. The van der Waals surface area contributed by atoms with Gasteiger partial charge in [-0.15, -0.1) is 0 Å². The molecule has 0 saturated carbocycles. The van der Waals surface area contributed by atoms with Gasteiger partial charge in [-0.3, -0.25) is 0 Å². The van der Waals surface area contributed by atoms with Gasteiger partial charge < -0.3 is 21.1 Å². The lowest BCUT2D eigenvalue weighted by atomic mass is 10.5. The molecular weight excluding hydrogens is 166 g/mol. The Morgan fingerprint density at radius 3 is 1.50 bits per heavy atom. The Morgan fingerprint density at radius 2 is 1.42 bits per heavy atom. The molecule has 0 aromatic carbocycles. The summed E-state index contributed by atoms with van der Waals surface area (Å²) in [5, 5.41) is 23.4. The Balaban J connectivity index is 0. The van der Waals surface area contributed by atoms with Gasteiger partial charge in [-0.25, -0.2) is 9.59 Å². The van der Waals surface area contributed by atoms with Crippen LogP contribution in [0.3, 0.4) is 0 Å². The molecule has 0 heterocycles. The molecule has 0 unspecified atom stereocenters. The van der Waals surface area contributed by atoms with Gasteiger partial charge in [0.1, 0.15) is 0 Å². The SMILES string of the molecule is NCCO.O=C(O)/C=C/C(=O)O. The molecule has 6 nitrogen and oxygen atoms in total. The average Bonchev–Trinajstić information content (AvgIpc) is 2.01. The highest BCUT2D eigenvalue weighted by Gasteiger charge is 1.88. The number of nitrogens with two attached hydrogens (primary N) is 1. The molecule has 0 aliphatic heterocycles. The third kappa shape index (κ3) is 23.5. The summed E-state index contributed by atoms with van der Waals surface area (Å²) < 4.78 is 0. The van der Waals surface area contributed by atoms with E-state index in [9.17, 15) is 9.59 Å². The third-order valence-electron chi connectivity index (χ3n) is 0.498. The van der Waals surface area contributed by atoms with E-state index in [-0.39, 0.29) is 6.61 Å². The van der Waals surface area contributed by atoms with E-state index in [4.69, 9.17) is 21.1 Å². The van der Waals surface area contributed by atoms with Crippen LogP contribution in [0.4, 0.5) is 0 Å². The molecule has 0 amide bonds. The first-order chi connectivity index (χ1) is 5.54. The van der Waals surface area contributed by atoms with Gasteiger partial charge in [0.15, 0.2) is 0 Å². The van der Waals surface area contributed by atoms with Crippen molar-refractivity contribution in [2.75, 3.05) is 13.2 Å². The highest BCUT2D eigenvalue weighted by molar-refractivity contribution is 5.89. The van der Waals surface area contributed by atoms with Crippen molar-refractivity contribution in [1.82, 2.24) is 0 Å². The quantitative estimate of drug-likeness (QED) is 0.395. The summed E-state index contributed by atoms with van der Waals surface area (Å²) in [5.41, 5.74) is 4.78. The summed E-state index contributed by atoms with van der Waals surface area (Å²) in [7, 11) is 0. The summed E-state index contributed by atoms with van der Waals surface area (Å²) in [6.07, 6.45) is 1.12. The summed E-state index contributed by atoms with van der Waals surface area (Å²) >= 11 is 0. The number of hydrogen-bond donors (Lipinski definition) is 4. The fraction of sp³-hybridized carbons (Fsp3) is 0.333. The van der Waals surface area contributed by atoms with Crippen LogP contribution in [0.25, 0.3) is 0 Å². The Bertz CT molecular complexity index is 147. The fourth-order valence-electron chi connectivity index (χ4n) is 0.143. The van der Waals surface area contributed by atoms with Crippen LogP contribution in [0.5, 0.6) is 0 Å². The molecule has 0 radical (unpaired) electrons. The standard InChI is InChI=1S/C4H4O4.C2H7NO/c5-3(6)1-2-4(7)8;3-1-2-4/h1-2H,(H,5,6)(H,7,8);4H,1-3H2/b2-1+;. The van der Waals surface area contributed by atoms with Crippen LogP contribution in [-0.2, 0) is 9.59 Å². The second-order valence-corrected chi connectivity index (χ2v) is 1.52. The molecule has 0 bridgehead atoms. The van der Waals surface area contributed by atoms with E-state index < -0.39 is 11.9 Å². The number of aliphatic hydroxyl groups is 1. The van der Waals surface area contributed by atoms with Crippen molar-refractivity contribution in [2.45, 2.75) is 0 Å². The summed E-state index contributed by atoms with van der Waals surface area (Å²) in [4.78, 5) is 19.1. The van der Waals surface area contributed by atoms with Crippen LogP contribution in [0.15, 0.2) is 12.2 Å². The maximum atomic E-state index is 9.55. The number of aliphatic hydroxyl groups excluding tert-OH is 1. The zero-order chi connectivity index (χ0) is 9.98. The molecule has 0 aliphatic carbocycles. The number of aliphatic carboxylic acids is 2. The highest BCUT2D eigenvalue weighted by Crippen LogP contribution is 1.70. The first-order valence-corrected chi connectivity index (χ1v) is 2.99. The number of carboxylic acids is 2. The van der Waals surface area contributed by atoms with Gasteiger partial charge in [-0.2, -0.15) is 0 Å². The van der Waals surface area contributed by atoms with Gasteiger partial charge in [0.2, 0.25) is 0 Å². The maximum Gasteiger partial charge on any atom is 0.328 e. The van der Waals surface area contributed by atoms with Crippen molar-refractivity contribution >= 4 is 11.9 Å². The minimum atomic E-state index is -1.26.